The highest BCUT2D eigenvalue weighted by molar-refractivity contribution is 5.99. The Bertz CT molecular complexity index is 1500. The van der Waals surface area contributed by atoms with Crippen molar-refractivity contribution < 1.29 is 69.2 Å². The van der Waals surface area contributed by atoms with E-state index in [2.05, 4.69) is 26.6 Å². The maximum atomic E-state index is 13.7. The van der Waals surface area contributed by atoms with Crippen molar-refractivity contribution >= 4 is 47.8 Å². The standard InChI is InChI=1S/C34H55N9O14/c1-20(46)28(41-27(48)13-16-36-30(50)24(18-44)40-29(49)21-8-3-4-12-26(21)47)33(53)42(2)25(11-6-15-37-56)32(52)38-22(9-5-14-35)31(51)39-23(34(54)55)10-7-17-43(57)19-45/h3-4,8,12,19-20,22-25,28,37,44,46-47,56-57H,5-7,9-11,13-18,35H2,1-2H3,(H,36,50)(H,38,52)(H,39,51)(H,40,49)(H,41,48)(H,54,55). The van der Waals surface area contributed by atoms with Gasteiger partial charge in [-0.05, 0) is 64.1 Å². The maximum Gasteiger partial charge on any atom is 0.326 e. The summed E-state index contributed by atoms with van der Waals surface area (Å²) in [7, 11) is 1.21. The van der Waals surface area contributed by atoms with Crippen molar-refractivity contribution in [2.45, 2.75) is 88.2 Å². The van der Waals surface area contributed by atoms with Gasteiger partial charge in [-0.15, -0.1) is 0 Å². The number of carboxylic acids is 1. The fraction of sp³-hybridized carbons (Fsp3) is 0.588. The third-order valence-corrected chi connectivity index (χ3v) is 8.50. The van der Waals surface area contributed by atoms with Crippen molar-refractivity contribution in [3.8, 4) is 5.75 Å². The first-order valence-electron chi connectivity index (χ1n) is 18.1. The summed E-state index contributed by atoms with van der Waals surface area (Å²) in [5.74, 6) is -7.01. The molecule has 0 radical (unpaired) electrons. The number of likely N-dealkylation sites (N-methyl/N-ethyl adjacent to an activating group) is 1. The van der Waals surface area contributed by atoms with E-state index in [1.165, 1.54) is 38.2 Å². The molecule has 0 aliphatic heterocycles. The van der Waals surface area contributed by atoms with Crippen LogP contribution in [0.15, 0.2) is 24.3 Å². The van der Waals surface area contributed by atoms with Gasteiger partial charge in [0.15, 0.2) is 0 Å². The number of benzene rings is 1. The van der Waals surface area contributed by atoms with E-state index in [4.69, 9.17) is 10.9 Å². The lowest BCUT2D eigenvalue weighted by Gasteiger charge is -2.33. The number of hydrogen-bond acceptors (Lipinski definition) is 15. The smallest absolute Gasteiger partial charge is 0.326 e. The van der Waals surface area contributed by atoms with E-state index in [0.717, 1.165) is 4.90 Å². The second-order valence-corrected chi connectivity index (χ2v) is 12.9. The molecule has 23 heteroatoms. The second-order valence-electron chi connectivity index (χ2n) is 12.9. The molecule has 23 nitrogen and oxygen atoms in total. The van der Waals surface area contributed by atoms with E-state index in [1.807, 2.05) is 5.48 Å². The van der Waals surface area contributed by atoms with Crippen LogP contribution in [0, 0.1) is 0 Å². The van der Waals surface area contributed by atoms with Crippen LogP contribution in [0.5, 0.6) is 5.75 Å². The number of rotatable bonds is 28. The van der Waals surface area contributed by atoms with Gasteiger partial charge in [0.1, 0.15) is 36.0 Å². The number of amides is 7. The molecule has 1 rings (SSSR count). The second kappa shape index (κ2) is 26.4. The molecule has 0 aromatic heterocycles. The fourth-order valence-electron chi connectivity index (χ4n) is 5.30. The molecule has 57 heavy (non-hydrogen) atoms. The molecule has 0 spiro atoms. The molecule has 0 aliphatic carbocycles. The minimum Gasteiger partial charge on any atom is -0.507 e. The summed E-state index contributed by atoms with van der Waals surface area (Å²) in [5, 5.41) is 70.1. The number of aliphatic carboxylic acids is 1. The van der Waals surface area contributed by atoms with Gasteiger partial charge in [0, 0.05) is 33.1 Å². The summed E-state index contributed by atoms with van der Waals surface area (Å²) in [6, 6.07) is -1.69. The highest BCUT2D eigenvalue weighted by Gasteiger charge is 2.36. The van der Waals surface area contributed by atoms with E-state index < -0.39 is 90.8 Å². The number of aliphatic hydroxyl groups excluding tert-OH is 2. The molecule has 0 aliphatic rings. The third kappa shape index (κ3) is 17.5. The topological polar surface area (TPSA) is 363 Å². The van der Waals surface area contributed by atoms with E-state index >= 15 is 0 Å². The zero-order chi connectivity index (χ0) is 43.1. The summed E-state index contributed by atoms with van der Waals surface area (Å²) in [6.07, 6.45) is -1.81. The molecular formula is C34H55N9O14. The van der Waals surface area contributed by atoms with E-state index in [1.54, 1.807) is 0 Å². The number of nitrogens with zero attached hydrogens (tertiary/aromatic N) is 2. The highest BCUT2D eigenvalue weighted by atomic mass is 16.5. The average Bonchev–Trinajstić information content (AvgIpc) is 3.17. The Morgan fingerprint density at radius 1 is 0.860 bits per heavy atom. The van der Waals surface area contributed by atoms with E-state index in [0.29, 0.717) is 5.06 Å². The molecule has 1 aromatic rings. The van der Waals surface area contributed by atoms with Crippen LogP contribution in [0.4, 0.5) is 0 Å². The lowest BCUT2D eigenvalue weighted by Crippen LogP contribution is -2.59. The Labute approximate surface area is 328 Å². The number of carbonyl (C=O) groups is 8. The minimum atomic E-state index is -1.62. The Hall–Kier alpha value is -5.46. The number of hydroxylamine groups is 3. The van der Waals surface area contributed by atoms with Crippen LogP contribution in [-0.4, -0.2) is 165 Å². The van der Waals surface area contributed by atoms with Gasteiger partial charge in [0.25, 0.3) is 5.91 Å². The SMILES string of the molecule is CC(O)C(NC(=O)CCNC(=O)C(CO)NC(=O)c1ccccc1O)C(=O)N(C)C(CCCNO)C(=O)NC(CCCN)C(=O)NC(CCCN(O)C=O)C(=O)O. The molecule has 0 fully saturated rings. The highest BCUT2D eigenvalue weighted by Crippen LogP contribution is 2.15. The lowest BCUT2D eigenvalue weighted by molar-refractivity contribution is -0.150. The minimum absolute atomic E-state index is 0.00157. The van der Waals surface area contributed by atoms with Crippen LogP contribution < -0.4 is 37.8 Å². The van der Waals surface area contributed by atoms with Gasteiger partial charge in [-0.1, -0.05) is 12.1 Å². The molecule has 14 N–H and O–H groups in total. The van der Waals surface area contributed by atoms with Crippen LogP contribution in [0.2, 0.25) is 0 Å². The number of aliphatic hydroxyl groups is 2. The van der Waals surface area contributed by atoms with Crippen molar-refractivity contribution in [1.29, 1.82) is 0 Å². The molecule has 0 bridgehead atoms. The zero-order valence-electron chi connectivity index (χ0n) is 31.8. The summed E-state index contributed by atoms with van der Waals surface area (Å²) in [6.45, 7) is -0.0818. The van der Waals surface area contributed by atoms with E-state index in [9.17, 15) is 64.0 Å². The predicted molar refractivity (Wildman–Crippen MR) is 197 cm³/mol. The third-order valence-electron chi connectivity index (χ3n) is 8.50. The van der Waals surface area contributed by atoms with Crippen molar-refractivity contribution in [3.05, 3.63) is 29.8 Å². The Balaban J connectivity index is 3.03. The Morgan fingerprint density at radius 3 is 2.09 bits per heavy atom. The lowest BCUT2D eigenvalue weighted by atomic mass is 10.0. The summed E-state index contributed by atoms with van der Waals surface area (Å²) in [4.78, 5) is 102. The number of carboxylic acid groups (broad SMARTS) is 1. The molecule has 0 saturated heterocycles. The van der Waals surface area contributed by atoms with Crippen LogP contribution in [0.1, 0.15) is 62.2 Å². The molecule has 0 saturated carbocycles. The van der Waals surface area contributed by atoms with Crippen LogP contribution in [0.25, 0.3) is 0 Å². The number of nitrogens with two attached hydrogens (primary N) is 1. The van der Waals surface area contributed by atoms with Crippen molar-refractivity contribution in [2.75, 3.05) is 39.8 Å². The van der Waals surface area contributed by atoms with Gasteiger partial charge in [-0.25, -0.2) is 15.3 Å². The predicted octanol–water partition coefficient (Wildman–Crippen LogP) is -4.14. The van der Waals surface area contributed by atoms with Gasteiger partial charge in [-0.2, -0.15) is 0 Å². The maximum absolute atomic E-state index is 13.7. The number of para-hydroxylation sites is 1. The monoisotopic (exact) mass is 813 g/mol. The molecule has 7 amide bonds. The molecule has 320 valence electrons. The van der Waals surface area contributed by atoms with Crippen LogP contribution in [-0.2, 0) is 33.6 Å². The number of phenolic OH excluding ortho intramolecular Hbond substituents is 1. The van der Waals surface area contributed by atoms with Gasteiger partial charge in [-0.3, -0.25) is 38.8 Å². The van der Waals surface area contributed by atoms with E-state index in [-0.39, 0.29) is 82.4 Å². The first kappa shape index (κ1) is 49.6. The number of carbonyl (C=O) groups excluding carboxylic acids is 7. The van der Waals surface area contributed by atoms with Crippen LogP contribution in [0.3, 0.4) is 0 Å². The van der Waals surface area contributed by atoms with Gasteiger partial charge < -0.3 is 62.9 Å². The number of hydrogen-bond donors (Lipinski definition) is 13. The first-order valence-corrected chi connectivity index (χ1v) is 18.1. The van der Waals surface area contributed by atoms with Crippen molar-refractivity contribution in [3.63, 3.8) is 0 Å². The molecule has 1 aromatic carbocycles. The summed E-state index contributed by atoms with van der Waals surface area (Å²) in [5.41, 5.74) is 7.39. The molecule has 6 atom stereocenters. The van der Waals surface area contributed by atoms with Crippen molar-refractivity contribution in [1.82, 2.24) is 42.0 Å². The molecular weight excluding hydrogens is 758 g/mol. The fourth-order valence-corrected chi connectivity index (χ4v) is 5.30. The van der Waals surface area contributed by atoms with Gasteiger partial charge in [0.05, 0.1) is 18.3 Å². The Morgan fingerprint density at radius 2 is 1.51 bits per heavy atom. The zero-order valence-corrected chi connectivity index (χ0v) is 31.8. The van der Waals surface area contributed by atoms with Crippen molar-refractivity contribution in [2.24, 2.45) is 5.73 Å². The summed E-state index contributed by atoms with van der Waals surface area (Å²) >= 11 is 0. The average molecular weight is 814 g/mol. The van der Waals surface area contributed by atoms with Gasteiger partial charge in [0.2, 0.25) is 35.9 Å². The largest absolute Gasteiger partial charge is 0.507 e. The summed E-state index contributed by atoms with van der Waals surface area (Å²) < 4.78 is 0. The number of phenols is 1. The molecule has 6 unspecified atom stereocenters. The first-order chi connectivity index (χ1) is 27.0. The normalized spacial score (nSPS) is 14.0. The quantitative estimate of drug-likeness (QED) is 0.0165. The van der Waals surface area contributed by atoms with Crippen LogP contribution >= 0.6 is 0 Å². The van der Waals surface area contributed by atoms with Gasteiger partial charge >= 0.3 is 5.97 Å². The molecule has 0 heterocycles. The number of aromatic hydroxyl groups is 1. The number of nitrogens with one attached hydrogen (secondary N) is 6. The Kier molecular flexibility index (Phi) is 23.0.